The molecular weight excluding hydrogens is 253 g/mol. The van der Waals surface area contributed by atoms with Crippen LogP contribution in [0.15, 0.2) is 18.2 Å². The third-order valence-electron chi connectivity index (χ3n) is 3.68. The molecule has 4 heteroatoms. The molecule has 1 aliphatic rings. The molecule has 20 heavy (non-hydrogen) atoms. The second kappa shape index (κ2) is 4.94. The van der Waals surface area contributed by atoms with Gasteiger partial charge in [0.15, 0.2) is 5.82 Å². The van der Waals surface area contributed by atoms with Crippen LogP contribution in [0.25, 0.3) is 11.4 Å². The second-order valence-corrected chi connectivity index (χ2v) is 5.58. The molecule has 104 valence electrons. The summed E-state index contributed by atoms with van der Waals surface area (Å²) in [7, 11) is 0. The Bertz CT molecular complexity index is 665. The van der Waals surface area contributed by atoms with Crippen LogP contribution in [0, 0.1) is 12.7 Å². The van der Waals surface area contributed by atoms with Gasteiger partial charge < -0.3 is 5.32 Å². The number of hydrogen-bond donors (Lipinski definition) is 1. The highest BCUT2D eigenvalue weighted by Gasteiger charge is 2.21. The zero-order valence-electron chi connectivity index (χ0n) is 12.0. The molecule has 3 nitrogen and oxygen atoms in total. The Morgan fingerprint density at radius 2 is 2.00 bits per heavy atom. The van der Waals surface area contributed by atoms with Gasteiger partial charge in [0.25, 0.3) is 0 Å². The Hall–Kier alpha value is -1.81. The lowest BCUT2D eigenvalue weighted by molar-refractivity contribution is 0.618. The molecule has 1 aliphatic heterocycles. The fourth-order valence-electron chi connectivity index (χ4n) is 2.58. The van der Waals surface area contributed by atoms with Crippen molar-refractivity contribution < 1.29 is 4.39 Å². The zero-order chi connectivity index (χ0) is 14.3. The first-order valence-electron chi connectivity index (χ1n) is 6.93. The highest BCUT2D eigenvalue weighted by Crippen LogP contribution is 2.27. The lowest BCUT2D eigenvalue weighted by Crippen LogP contribution is -2.05. The van der Waals surface area contributed by atoms with Crippen molar-refractivity contribution in [2.45, 2.75) is 39.8 Å². The van der Waals surface area contributed by atoms with Crippen LogP contribution in [0.4, 0.5) is 4.39 Å². The van der Waals surface area contributed by atoms with Crippen molar-refractivity contribution in [3.8, 4) is 11.4 Å². The van der Waals surface area contributed by atoms with E-state index in [1.807, 2.05) is 6.07 Å². The molecule has 0 atom stereocenters. The number of benzene rings is 1. The predicted octanol–water partition coefficient (Wildman–Crippen LogP) is 3.32. The van der Waals surface area contributed by atoms with E-state index < -0.39 is 0 Å². The summed E-state index contributed by atoms with van der Waals surface area (Å²) < 4.78 is 13.4. The van der Waals surface area contributed by atoms with Crippen LogP contribution >= 0.6 is 0 Å². The number of halogens is 1. The minimum atomic E-state index is -0.194. The molecule has 2 heterocycles. The molecule has 0 fully saturated rings. The maximum atomic E-state index is 13.4. The molecule has 1 N–H and O–H groups in total. The Morgan fingerprint density at radius 3 is 2.70 bits per heavy atom. The summed E-state index contributed by atoms with van der Waals surface area (Å²) in [4.78, 5) is 9.35. The molecule has 0 saturated heterocycles. The van der Waals surface area contributed by atoms with E-state index in [2.05, 4.69) is 24.1 Å². The summed E-state index contributed by atoms with van der Waals surface area (Å²) in [5.41, 5.74) is 4.89. The summed E-state index contributed by atoms with van der Waals surface area (Å²) >= 11 is 0. The van der Waals surface area contributed by atoms with Crippen LogP contribution in [-0.2, 0) is 13.1 Å². The molecular formula is C16H18FN3. The fourth-order valence-corrected chi connectivity index (χ4v) is 2.58. The van der Waals surface area contributed by atoms with Crippen molar-refractivity contribution in [2.24, 2.45) is 0 Å². The topological polar surface area (TPSA) is 37.8 Å². The van der Waals surface area contributed by atoms with Crippen molar-refractivity contribution in [1.29, 1.82) is 0 Å². The standard InChI is InChI=1S/C16H18FN3/c1-9(2)15-12-7-18-8-14(12)19-16(20-15)11-4-5-13(17)10(3)6-11/h4-6,9,18H,7-8H2,1-3H3. The monoisotopic (exact) mass is 271 g/mol. The average molecular weight is 271 g/mol. The Morgan fingerprint density at radius 1 is 1.20 bits per heavy atom. The molecule has 0 radical (unpaired) electrons. The molecule has 0 saturated carbocycles. The minimum Gasteiger partial charge on any atom is -0.307 e. The summed E-state index contributed by atoms with van der Waals surface area (Å²) in [6, 6.07) is 5.04. The quantitative estimate of drug-likeness (QED) is 0.910. The van der Waals surface area contributed by atoms with E-state index in [1.54, 1.807) is 13.0 Å². The number of aromatic nitrogens is 2. The summed E-state index contributed by atoms with van der Waals surface area (Å²) in [6.45, 7) is 7.66. The largest absolute Gasteiger partial charge is 0.307 e. The average Bonchev–Trinajstić information content (AvgIpc) is 2.88. The summed E-state index contributed by atoms with van der Waals surface area (Å²) in [6.07, 6.45) is 0. The molecule has 2 aromatic rings. The van der Waals surface area contributed by atoms with Crippen molar-refractivity contribution in [3.63, 3.8) is 0 Å². The number of hydrogen-bond acceptors (Lipinski definition) is 3. The van der Waals surface area contributed by atoms with Gasteiger partial charge in [-0.1, -0.05) is 13.8 Å². The molecule has 1 aromatic heterocycles. The van der Waals surface area contributed by atoms with Gasteiger partial charge in [-0.05, 0) is 36.6 Å². The summed E-state index contributed by atoms with van der Waals surface area (Å²) in [5.74, 6) is 0.854. The van der Waals surface area contributed by atoms with Crippen LogP contribution in [-0.4, -0.2) is 9.97 Å². The van der Waals surface area contributed by atoms with E-state index in [0.29, 0.717) is 17.3 Å². The molecule has 0 bridgehead atoms. The maximum absolute atomic E-state index is 13.4. The van der Waals surface area contributed by atoms with E-state index in [-0.39, 0.29) is 5.82 Å². The number of aryl methyl sites for hydroxylation is 1. The van der Waals surface area contributed by atoms with Gasteiger partial charge >= 0.3 is 0 Å². The second-order valence-electron chi connectivity index (χ2n) is 5.58. The lowest BCUT2D eigenvalue weighted by Gasteiger charge is -2.12. The third-order valence-corrected chi connectivity index (χ3v) is 3.68. The predicted molar refractivity (Wildman–Crippen MR) is 76.8 cm³/mol. The first-order chi connectivity index (χ1) is 9.56. The Kier molecular flexibility index (Phi) is 3.26. The van der Waals surface area contributed by atoms with Crippen LogP contribution in [0.1, 0.15) is 42.3 Å². The number of rotatable bonds is 2. The Labute approximate surface area is 118 Å². The number of nitrogens with one attached hydrogen (secondary N) is 1. The zero-order valence-corrected chi connectivity index (χ0v) is 12.0. The van der Waals surface area contributed by atoms with E-state index >= 15 is 0 Å². The number of fused-ring (bicyclic) bond motifs is 1. The fraction of sp³-hybridized carbons (Fsp3) is 0.375. The maximum Gasteiger partial charge on any atom is 0.159 e. The van der Waals surface area contributed by atoms with Crippen molar-refractivity contribution >= 4 is 0 Å². The first kappa shape index (κ1) is 13.2. The SMILES string of the molecule is Cc1cc(-c2nc3c(c(C(C)C)n2)CNC3)ccc1F. The van der Waals surface area contributed by atoms with Crippen molar-refractivity contribution in [3.05, 3.63) is 46.5 Å². The highest BCUT2D eigenvalue weighted by molar-refractivity contribution is 5.57. The third kappa shape index (κ3) is 2.20. The van der Waals surface area contributed by atoms with Gasteiger partial charge in [-0.2, -0.15) is 0 Å². The van der Waals surface area contributed by atoms with Crippen molar-refractivity contribution in [2.75, 3.05) is 0 Å². The van der Waals surface area contributed by atoms with Gasteiger partial charge in [0.1, 0.15) is 5.82 Å². The van der Waals surface area contributed by atoms with Crippen LogP contribution < -0.4 is 5.32 Å². The molecule has 1 aromatic carbocycles. The van der Waals surface area contributed by atoms with Crippen LogP contribution in [0.5, 0.6) is 0 Å². The van der Waals surface area contributed by atoms with Crippen molar-refractivity contribution in [1.82, 2.24) is 15.3 Å². The smallest absolute Gasteiger partial charge is 0.159 e. The van der Waals surface area contributed by atoms with Crippen LogP contribution in [0.3, 0.4) is 0 Å². The van der Waals surface area contributed by atoms with E-state index in [0.717, 1.165) is 30.0 Å². The molecule has 0 aliphatic carbocycles. The summed E-state index contributed by atoms with van der Waals surface area (Å²) in [5, 5.41) is 3.32. The molecule has 0 spiro atoms. The van der Waals surface area contributed by atoms with Gasteiger partial charge in [-0.25, -0.2) is 14.4 Å². The highest BCUT2D eigenvalue weighted by atomic mass is 19.1. The van der Waals surface area contributed by atoms with Gasteiger partial charge in [0.2, 0.25) is 0 Å². The molecule has 3 rings (SSSR count). The molecule has 0 amide bonds. The van der Waals surface area contributed by atoms with Gasteiger partial charge in [0, 0.05) is 24.2 Å². The van der Waals surface area contributed by atoms with Gasteiger partial charge in [0.05, 0.1) is 11.4 Å². The number of nitrogens with zero attached hydrogens (tertiary/aromatic N) is 2. The first-order valence-corrected chi connectivity index (χ1v) is 6.93. The van der Waals surface area contributed by atoms with E-state index in [1.165, 1.54) is 11.6 Å². The normalized spacial score (nSPS) is 13.8. The van der Waals surface area contributed by atoms with Crippen LogP contribution in [0.2, 0.25) is 0 Å². The minimum absolute atomic E-state index is 0.194. The van der Waals surface area contributed by atoms with Gasteiger partial charge in [-0.15, -0.1) is 0 Å². The van der Waals surface area contributed by atoms with Gasteiger partial charge in [-0.3, -0.25) is 0 Å². The van der Waals surface area contributed by atoms with E-state index in [4.69, 9.17) is 4.98 Å². The lowest BCUT2D eigenvalue weighted by atomic mass is 10.0. The molecule has 0 unspecified atom stereocenters. The Balaban J connectivity index is 2.14. The van der Waals surface area contributed by atoms with E-state index in [9.17, 15) is 4.39 Å².